The van der Waals surface area contributed by atoms with Gasteiger partial charge in [-0.15, -0.1) is 22.7 Å². The van der Waals surface area contributed by atoms with Gasteiger partial charge in [0.1, 0.15) is 5.82 Å². The molecule has 33 heavy (non-hydrogen) atoms. The Kier molecular flexibility index (Phi) is 4.75. The van der Waals surface area contributed by atoms with E-state index in [1.165, 1.54) is 57.7 Å². The van der Waals surface area contributed by atoms with Crippen molar-refractivity contribution in [3.63, 3.8) is 0 Å². The SMILES string of the molecule is Cc1cc(-c2nc(-c3c4ccccc4cc4ccccc34)[nH]c2-c2cc(C)sc2C)c(C)s1. The third-order valence-electron chi connectivity index (χ3n) is 6.32. The fourth-order valence-corrected chi connectivity index (χ4v) is 6.75. The number of imidazole rings is 1. The van der Waals surface area contributed by atoms with Gasteiger partial charge in [0.15, 0.2) is 0 Å². The monoisotopic (exact) mass is 464 g/mol. The average molecular weight is 465 g/mol. The predicted octanol–water partition coefficient (Wildman–Crippen LogP) is 9.07. The number of fused-ring (bicyclic) bond motifs is 2. The second kappa shape index (κ2) is 7.68. The van der Waals surface area contributed by atoms with Crippen LogP contribution in [-0.4, -0.2) is 9.97 Å². The highest BCUT2D eigenvalue weighted by molar-refractivity contribution is 7.12. The number of aromatic amines is 1. The third-order valence-corrected chi connectivity index (χ3v) is 8.25. The molecule has 0 saturated carbocycles. The highest BCUT2D eigenvalue weighted by Gasteiger charge is 2.22. The first-order valence-corrected chi connectivity index (χ1v) is 12.8. The molecular formula is C29H24N2S2. The van der Waals surface area contributed by atoms with Crippen molar-refractivity contribution in [2.45, 2.75) is 27.7 Å². The number of nitrogens with zero attached hydrogens (tertiary/aromatic N) is 1. The number of aromatic nitrogens is 2. The summed E-state index contributed by atoms with van der Waals surface area (Å²) in [4.78, 5) is 14.3. The van der Waals surface area contributed by atoms with Crippen LogP contribution in [0.2, 0.25) is 0 Å². The Morgan fingerprint density at radius 1 is 0.667 bits per heavy atom. The number of rotatable bonds is 3. The van der Waals surface area contributed by atoms with E-state index in [9.17, 15) is 0 Å². The number of aryl methyl sites for hydroxylation is 4. The molecule has 0 radical (unpaired) electrons. The summed E-state index contributed by atoms with van der Waals surface area (Å²) < 4.78 is 0. The van der Waals surface area contributed by atoms with Crippen molar-refractivity contribution in [2.24, 2.45) is 0 Å². The minimum Gasteiger partial charge on any atom is -0.337 e. The molecule has 162 valence electrons. The van der Waals surface area contributed by atoms with E-state index < -0.39 is 0 Å². The lowest BCUT2D eigenvalue weighted by molar-refractivity contribution is 1.32. The Hall–Kier alpha value is -3.21. The lowest BCUT2D eigenvalue weighted by atomic mass is 9.96. The first-order valence-electron chi connectivity index (χ1n) is 11.2. The van der Waals surface area contributed by atoms with Crippen molar-refractivity contribution in [1.82, 2.24) is 9.97 Å². The van der Waals surface area contributed by atoms with Crippen LogP contribution < -0.4 is 0 Å². The molecule has 0 aliphatic carbocycles. The summed E-state index contributed by atoms with van der Waals surface area (Å²) in [7, 11) is 0. The molecule has 0 fully saturated rings. The van der Waals surface area contributed by atoms with Gasteiger partial charge in [-0.05, 0) is 67.4 Å². The number of hydrogen-bond acceptors (Lipinski definition) is 3. The second-order valence-corrected chi connectivity index (χ2v) is 11.6. The van der Waals surface area contributed by atoms with Crippen LogP contribution in [0.15, 0.2) is 66.7 Å². The van der Waals surface area contributed by atoms with Gasteiger partial charge < -0.3 is 4.98 Å². The van der Waals surface area contributed by atoms with E-state index in [4.69, 9.17) is 4.98 Å². The quantitative estimate of drug-likeness (QED) is 0.260. The highest BCUT2D eigenvalue weighted by Crippen LogP contribution is 2.43. The molecule has 0 saturated heterocycles. The molecule has 0 atom stereocenters. The van der Waals surface area contributed by atoms with Crippen molar-refractivity contribution in [1.29, 1.82) is 0 Å². The Bertz CT molecular complexity index is 1540. The van der Waals surface area contributed by atoms with Gasteiger partial charge in [-0.3, -0.25) is 0 Å². The summed E-state index contributed by atoms with van der Waals surface area (Å²) in [5.41, 5.74) is 5.81. The zero-order valence-electron chi connectivity index (χ0n) is 19.1. The number of thiophene rings is 2. The molecule has 0 aliphatic heterocycles. The maximum Gasteiger partial charge on any atom is 0.139 e. The largest absolute Gasteiger partial charge is 0.337 e. The minimum atomic E-state index is 0.930. The van der Waals surface area contributed by atoms with E-state index in [0.717, 1.165) is 17.2 Å². The number of nitrogens with one attached hydrogen (secondary N) is 1. The predicted molar refractivity (Wildman–Crippen MR) is 145 cm³/mol. The molecule has 6 rings (SSSR count). The van der Waals surface area contributed by atoms with Gasteiger partial charge in [-0.25, -0.2) is 4.98 Å². The molecule has 0 aliphatic rings. The molecule has 0 amide bonds. The summed E-state index contributed by atoms with van der Waals surface area (Å²) in [5, 5.41) is 4.91. The molecule has 1 N–H and O–H groups in total. The van der Waals surface area contributed by atoms with Gasteiger partial charge in [-0.2, -0.15) is 0 Å². The average Bonchev–Trinajstić information content (AvgIpc) is 3.47. The van der Waals surface area contributed by atoms with E-state index in [2.05, 4.69) is 99.4 Å². The van der Waals surface area contributed by atoms with Crippen molar-refractivity contribution < 1.29 is 0 Å². The maximum absolute atomic E-state index is 5.31. The van der Waals surface area contributed by atoms with Crippen LogP contribution in [0.3, 0.4) is 0 Å². The molecule has 6 aromatic rings. The van der Waals surface area contributed by atoms with E-state index >= 15 is 0 Å². The zero-order valence-corrected chi connectivity index (χ0v) is 20.7. The highest BCUT2D eigenvalue weighted by atomic mass is 32.1. The van der Waals surface area contributed by atoms with Gasteiger partial charge >= 0.3 is 0 Å². The van der Waals surface area contributed by atoms with Gasteiger partial charge in [0.05, 0.1) is 11.4 Å². The smallest absolute Gasteiger partial charge is 0.139 e. The molecule has 4 heteroatoms. The van der Waals surface area contributed by atoms with Crippen molar-refractivity contribution in [2.75, 3.05) is 0 Å². The molecule has 2 nitrogen and oxygen atoms in total. The van der Waals surface area contributed by atoms with Crippen LogP contribution in [0.5, 0.6) is 0 Å². The summed E-state index contributed by atoms with van der Waals surface area (Å²) in [6, 6.07) is 24.1. The Labute approximate surface area is 201 Å². The van der Waals surface area contributed by atoms with Crippen LogP contribution in [-0.2, 0) is 0 Å². The number of hydrogen-bond donors (Lipinski definition) is 1. The number of benzene rings is 3. The number of H-pyrrole nitrogens is 1. The van der Waals surface area contributed by atoms with E-state index in [1.54, 1.807) is 0 Å². The normalized spacial score (nSPS) is 11.6. The summed E-state index contributed by atoms with van der Waals surface area (Å²) in [6.45, 7) is 8.75. The van der Waals surface area contributed by atoms with Crippen LogP contribution in [0.1, 0.15) is 19.5 Å². The lowest BCUT2D eigenvalue weighted by Gasteiger charge is -2.09. The zero-order chi connectivity index (χ0) is 22.7. The molecule has 3 heterocycles. The fraction of sp³-hybridized carbons (Fsp3) is 0.138. The molecule has 0 spiro atoms. The van der Waals surface area contributed by atoms with Crippen LogP contribution in [0.25, 0.3) is 55.4 Å². The van der Waals surface area contributed by atoms with Crippen molar-refractivity contribution in [3.05, 3.63) is 86.2 Å². The Balaban J connectivity index is 1.72. The van der Waals surface area contributed by atoms with Crippen LogP contribution >= 0.6 is 22.7 Å². The standard InChI is InChI=1S/C29H24N2S2/c1-16-13-24(18(3)32-16)27-28(25-14-17(2)33-19(25)4)31-29(30-27)26-22-11-7-5-9-20(22)15-21-10-6-8-12-23(21)26/h5-15H,1-4H3,(H,30,31). The maximum atomic E-state index is 5.31. The van der Waals surface area contributed by atoms with Gasteiger partial charge in [0.25, 0.3) is 0 Å². The van der Waals surface area contributed by atoms with Crippen molar-refractivity contribution in [3.8, 4) is 33.9 Å². The first-order chi connectivity index (χ1) is 16.0. The molecule has 3 aromatic heterocycles. The Morgan fingerprint density at radius 3 is 1.76 bits per heavy atom. The van der Waals surface area contributed by atoms with Crippen molar-refractivity contribution >= 4 is 44.2 Å². The van der Waals surface area contributed by atoms with Gasteiger partial charge in [-0.1, -0.05) is 48.5 Å². The van der Waals surface area contributed by atoms with E-state index in [-0.39, 0.29) is 0 Å². The molecule has 0 unspecified atom stereocenters. The second-order valence-electron chi connectivity index (χ2n) is 8.66. The van der Waals surface area contributed by atoms with Gasteiger partial charge in [0, 0.05) is 36.2 Å². The minimum absolute atomic E-state index is 0.930. The lowest BCUT2D eigenvalue weighted by Crippen LogP contribution is -1.87. The fourth-order valence-electron chi connectivity index (χ4n) is 4.90. The molecular weight excluding hydrogens is 440 g/mol. The Morgan fingerprint density at radius 2 is 1.21 bits per heavy atom. The summed E-state index contributed by atoms with van der Waals surface area (Å²) >= 11 is 3.68. The van der Waals surface area contributed by atoms with E-state index in [0.29, 0.717) is 0 Å². The molecule has 3 aromatic carbocycles. The van der Waals surface area contributed by atoms with Gasteiger partial charge in [0.2, 0.25) is 0 Å². The first kappa shape index (κ1) is 20.4. The summed E-state index contributed by atoms with van der Waals surface area (Å²) in [5.74, 6) is 0.930. The van der Waals surface area contributed by atoms with Crippen LogP contribution in [0, 0.1) is 27.7 Å². The van der Waals surface area contributed by atoms with Crippen LogP contribution in [0.4, 0.5) is 0 Å². The molecule has 0 bridgehead atoms. The third kappa shape index (κ3) is 3.33. The summed E-state index contributed by atoms with van der Waals surface area (Å²) in [6.07, 6.45) is 0. The topological polar surface area (TPSA) is 28.7 Å². The van der Waals surface area contributed by atoms with E-state index in [1.807, 2.05) is 22.7 Å².